The number of benzene rings is 2. The van der Waals surface area contributed by atoms with E-state index < -0.39 is 18.0 Å². The Balaban J connectivity index is 1.28. The van der Waals surface area contributed by atoms with Crippen molar-refractivity contribution in [1.82, 2.24) is 10.6 Å². The second kappa shape index (κ2) is 10.1. The predicted octanol–water partition coefficient (Wildman–Crippen LogP) is 4.06. The summed E-state index contributed by atoms with van der Waals surface area (Å²) in [5, 5.41) is 14.8. The van der Waals surface area contributed by atoms with Gasteiger partial charge in [-0.15, -0.1) is 0 Å². The van der Waals surface area contributed by atoms with Crippen molar-refractivity contribution >= 4 is 18.0 Å². The van der Waals surface area contributed by atoms with Gasteiger partial charge in [0.2, 0.25) is 5.91 Å². The number of hydrogen-bond donors (Lipinski definition) is 3. The zero-order valence-corrected chi connectivity index (χ0v) is 18.8. The van der Waals surface area contributed by atoms with Gasteiger partial charge in [-0.2, -0.15) is 0 Å². The average molecular weight is 451 g/mol. The molecule has 3 atom stereocenters. The molecule has 0 heterocycles. The van der Waals surface area contributed by atoms with Crippen LogP contribution in [0.5, 0.6) is 0 Å². The Labute approximate surface area is 193 Å². The first-order valence-electron chi connectivity index (χ1n) is 11.6. The van der Waals surface area contributed by atoms with Gasteiger partial charge in [0.05, 0.1) is 5.92 Å². The van der Waals surface area contributed by atoms with Crippen LogP contribution < -0.4 is 10.6 Å². The number of fused-ring (bicyclic) bond motifs is 3. The van der Waals surface area contributed by atoms with Crippen LogP contribution in [0, 0.1) is 5.92 Å². The molecule has 0 bridgehead atoms. The molecule has 7 nitrogen and oxygen atoms in total. The normalized spacial score (nSPS) is 19.9. The highest BCUT2D eigenvalue weighted by atomic mass is 16.5. The van der Waals surface area contributed by atoms with Crippen LogP contribution >= 0.6 is 0 Å². The number of amides is 2. The quantitative estimate of drug-likeness (QED) is 0.563. The van der Waals surface area contributed by atoms with Gasteiger partial charge < -0.3 is 20.5 Å². The van der Waals surface area contributed by atoms with E-state index >= 15 is 0 Å². The van der Waals surface area contributed by atoms with Crippen LogP contribution in [-0.2, 0) is 14.3 Å². The number of carbonyl (C=O) groups excluding carboxylic acids is 2. The number of carboxylic acids is 1. The van der Waals surface area contributed by atoms with Gasteiger partial charge in [0, 0.05) is 24.4 Å². The van der Waals surface area contributed by atoms with Crippen molar-refractivity contribution in [2.24, 2.45) is 5.92 Å². The second-order valence-electron chi connectivity index (χ2n) is 8.89. The van der Waals surface area contributed by atoms with Gasteiger partial charge in [0.25, 0.3) is 0 Å². The Hall–Kier alpha value is -3.35. The van der Waals surface area contributed by atoms with Crippen LogP contribution in [0.3, 0.4) is 0 Å². The molecule has 1 saturated carbocycles. The lowest BCUT2D eigenvalue weighted by atomic mass is 9.98. The lowest BCUT2D eigenvalue weighted by Crippen LogP contribution is -2.41. The highest BCUT2D eigenvalue weighted by molar-refractivity contribution is 5.80. The van der Waals surface area contributed by atoms with Crippen LogP contribution in [0.2, 0.25) is 0 Å². The standard InChI is InChI=1S/C26H30N2O5/c1-2-17(14-24(29)27-18-12-11-16(13-18)25(30)31)28-26(32)33-15-23-21-9-5-3-7-19(21)20-8-4-6-10-22(20)23/h3-10,16-18,23H,2,11-15H2,1H3,(H,27,29)(H,28,32)(H,30,31)/t16-,17+,18+/m1/s1. The lowest BCUT2D eigenvalue weighted by Gasteiger charge is -2.20. The molecule has 7 heteroatoms. The van der Waals surface area contributed by atoms with Gasteiger partial charge in [0.1, 0.15) is 6.61 Å². The van der Waals surface area contributed by atoms with E-state index in [1.54, 1.807) is 0 Å². The molecule has 0 unspecified atom stereocenters. The maximum absolute atomic E-state index is 12.5. The summed E-state index contributed by atoms with van der Waals surface area (Å²) in [5.41, 5.74) is 4.63. The minimum absolute atomic E-state index is 0.0175. The summed E-state index contributed by atoms with van der Waals surface area (Å²) in [7, 11) is 0. The molecule has 0 aliphatic heterocycles. The average Bonchev–Trinajstić information content (AvgIpc) is 3.40. The fourth-order valence-corrected chi connectivity index (χ4v) is 4.95. The van der Waals surface area contributed by atoms with Crippen molar-refractivity contribution in [3.05, 3.63) is 59.7 Å². The molecule has 0 aromatic heterocycles. The van der Waals surface area contributed by atoms with E-state index in [0.29, 0.717) is 25.7 Å². The van der Waals surface area contributed by atoms with Crippen LogP contribution in [0.15, 0.2) is 48.5 Å². The Morgan fingerprint density at radius 1 is 1.03 bits per heavy atom. The third-order valence-electron chi connectivity index (χ3n) is 6.74. The summed E-state index contributed by atoms with van der Waals surface area (Å²) in [6.45, 7) is 2.12. The highest BCUT2D eigenvalue weighted by Gasteiger charge is 2.31. The molecule has 2 aromatic rings. The highest BCUT2D eigenvalue weighted by Crippen LogP contribution is 2.44. The topological polar surface area (TPSA) is 105 Å². The summed E-state index contributed by atoms with van der Waals surface area (Å²) < 4.78 is 5.58. The number of carboxylic acid groups (broad SMARTS) is 1. The number of rotatable bonds is 8. The van der Waals surface area contributed by atoms with Gasteiger partial charge in [-0.1, -0.05) is 55.5 Å². The largest absolute Gasteiger partial charge is 0.481 e. The molecule has 0 spiro atoms. The van der Waals surface area contributed by atoms with Crippen molar-refractivity contribution < 1.29 is 24.2 Å². The van der Waals surface area contributed by atoms with Crippen LogP contribution in [0.4, 0.5) is 4.79 Å². The Morgan fingerprint density at radius 3 is 2.24 bits per heavy atom. The first-order chi connectivity index (χ1) is 16.0. The lowest BCUT2D eigenvalue weighted by molar-refractivity contribution is -0.141. The zero-order chi connectivity index (χ0) is 23.4. The van der Waals surface area contributed by atoms with E-state index in [9.17, 15) is 14.4 Å². The Bertz CT molecular complexity index is 991. The smallest absolute Gasteiger partial charge is 0.407 e. The molecular weight excluding hydrogens is 420 g/mol. The number of ether oxygens (including phenoxy) is 1. The number of nitrogens with one attached hydrogen (secondary N) is 2. The van der Waals surface area contributed by atoms with Gasteiger partial charge in [-0.3, -0.25) is 9.59 Å². The fourth-order valence-electron chi connectivity index (χ4n) is 4.95. The number of hydrogen-bond acceptors (Lipinski definition) is 4. The summed E-state index contributed by atoms with van der Waals surface area (Å²) in [5.74, 6) is -1.40. The van der Waals surface area contributed by atoms with Crippen molar-refractivity contribution in [3.8, 4) is 11.1 Å². The second-order valence-corrected chi connectivity index (χ2v) is 8.89. The van der Waals surface area contributed by atoms with Crippen molar-refractivity contribution in [1.29, 1.82) is 0 Å². The number of carbonyl (C=O) groups is 3. The third-order valence-corrected chi connectivity index (χ3v) is 6.74. The maximum atomic E-state index is 12.5. The molecule has 1 fully saturated rings. The Kier molecular flexibility index (Phi) is 6.96. The summed E-state index contributed by atoms with van der Waals surface area (Å²) >= 11 is 0. The van der Waals surface area contributed by atoms with Gasteiger partial charge in [0.15, 0.2) is 0 Å². The molecule has 3 N–H and O–H groups in total. The van der Waals surface area contributed by atoms with E-state index in [-0.39, 0.29) is 36.9 Å². The van der Waals surface area contributed by atoms with Crippen LogP contribution in [0.1, 0.15) is 56.1 Å². The number of aliphatic carboxylic acids is 1. The monoisotopic (exact) mass is 450 g/mol. The SMILES string of the molecule is CC[C@@H](CC(=O)N[C@H]1CC[C@@H](C(=O)O)C1)NC(=O)OCC1c2ccccc2-c2ccccc21. The molecule has 174 valence electrons. The molecule has 2 amide bonds. The molecule has 4 rings (SSSR count). The molecule has 2 aliphatic rings. The van der Waals surface area contributed by atoms with Crippen molar-refractivity contribution in [3.63, 3.8) is 0 Å². The molecule has 33 heavy (non-hydrogen) atoms. The molecule has 2 aliphatic carbocycles. The zero-order valence-electron chi connectivity index (χ0n) is 18.8. The van der Waals surface area contributed by atoms with E-state index in [2.05, 4.69) is 34.9 Å². The van der Waals surface area contributed by atoms with Gasteiger partial charge >= 0.3 is 12.1 Å². The minimum Gasteiger partial charge on any atom is -0.481 e. The van der Waals surface area contributed by atoms with Crippen LogP contribution in [0.25, 0.3) is 11.1 Å². The first kappa shape index (κ1) is 22.8. The van der Waals surface area contributed by atoms with E-state index in [1.807, 2.05) is 31.2 Å². The first-order valence-corrected chi connectivity index (χ1v) is 11.6. The molecule has 0 radical (unpaired) electrons. The fraction of sp³-hybridized carbons (Fsp3) is 0.423. The van der Waals surface area contributed by atoms with Crippen molar-refractivity contribution in [2.75, 3.05) is 6.61 Å². The molecule has 0 saturated heterocycles. The summed E-state index contributed by atoms with van der Waals surface area (Å²) in [6, 6.07) is 15.8. The predicted molar refractivity (Wildman–Crippen MR) is 124 cm³/mol. The maximum Gasteiger partial charge on any atom is 0.407 e. The summed E-state index contributed by atoms with van der Waals surface area (Å²) in [6.07, 6.45) is 1.88. The number of alkyl carbamates (subject to hydrolysis) is 1. The molecular formula is C26H30N2O5. The minimum atomic E-state index is -0.810. The van der Waals surface area contributed by atoms with Gasteiger partial charge in [-0.25, -0.2) is 4.79 Å². The summed E-state index contributed by atoms with van der Waals surface area (Å²) in [4.78, 5) is 36.0. The van der Waals surface area contributed by atoms with E-state index in [1.165, 1.54) is 11.1 Å². The van der Waals surface area contributed by atoms with E-state index in [4.69, 9.17) is 9.84 Å². The van der Waals surface area contributed by atoms with Crippen molar-refractivity contribution in [2.45, 2.75) is 57.0 Å². The Morgan fingerprint density at radius 2 is 1.67 bits per heavy atom. The van der Waals surface area contributed by atoms with Crippen LogP contribution in [-0.4, -0.2) is 41.8 Å². The third kappa shape index (κ3) is 5.18. The van der Waals surface area contributed by atoms with E-state index in [0.717, 1.165) is 11.1 Å². The molecule has 2 aromatic carbocycles. The van der Waals surface area contributed by atoms with Gasteiger partial charge in [-0.05, 0) is 47.9 Å².